The van der Waals surface area contributed by atoms with Crippen molar-refractivity contribution < 1.29 is 8.78 Å². The number of fused-ring (bicyclic) bond motifs is 3. The Kier molecular flexibility index (Phi) is 5.03. The molecule has 0 aromatic carbocycles. The summed E-state index contributed by atoms with van der Waals surface area (Å²) in [4.78, 5) is 4.79. The van der Waals surface area contributed by atoms with Gasteiger partial charge in [0.25, 0.3) is 6.43 Å². The van der Waals surface area contributed by atoms with Crippen LogP contribution in [-0.2, 0) is 0 Å². The van der Waals surface area contributed by atoms with Crippen molar-refractivity contribution >= 4 is 40.4 Å². The Labute approximate surface area is 177 Å². The molecule has 4 rings (SSSR count). The Morgan fingerprint density at radius 2 is 2.26 bits per heavy atom. The lowest BCUT2D eigenvalue weighted by Gasteiger charge is -2.42. The molecular weight excluding hydrogens is 485 g/mol. The highest BCUT2D eigenvalue weighted by molar-refractivity contribution is 14.1. The lowest BCUT2D eigenvalue weighted by molar-refractivity contribution is 0.192. The van der Waals surface area contributed by atoms with Gasteiger partial charge in [0.1, 0.15) is 0 Å². The standard InChI is InChI=1S/C19H22ClF2IN4/c1-10-12(17(21)22)5-6-19(2)8-15(10)25-18(27(19)23)26-16-9-24-14-4-3-11(20)7-13(14)16/h4-6,9,11,13,15,17,24H,3,7-8H2,1-2H3,(H,25,26). The molecule has 2 heterocycles. The number of aliphatic imine (C=N–C) groups is 1. The first-order valence-corrected chi connectivity index (χ1v) is 10.5. The second-order valence-corrected chi connectivity index (χ2v) is 9.31. The summed E-state index contributed by atoms with van der Waals surface area (Å²) in [6.07, 6.45) is 7.47. The van der Waals surface area contributed by atoms with Gasteiger partial charge in [-0.1, -0.05) is 18.2 Å². The van der Waals surface area contributed by atoms with E-state index < -0.39 is 6.43 Å². The largest absolute Gasteiger partial charge is 0.363 e. The van der Waals surface area contributed by atoms with Crippen molar-refractivity contribution in [3.63, 3.8) is 0 Å². The van der Waals surface area contributed by atoms with Gasteiger partial charge in [-0.15, -0.1) is 11.6 Å². The fourth-order valence-electron chi connectivity index (χ4n) is 4.10. The van der Waals surface area contributed by atoms with Gasteiger partial charge in [-0.25, -0.2) is 13.8 Å². The SMILES string of the molecule is CC1=C(C(F)F)C=CC2(C)CC1N=C(NC1=CNC3=CCC(Cl)CC31)N2I. The van der Waals surface area contributed by atoms with E-state index in [1.165, 1.54) is 5.70 Å². The summed E-state index contributed by atoms with van der Waals surface area (Å²) in [6, 6.07) is -0.264. The minimum atomic E-state index is -2.49. The van der Waals surface area contributed by atoms with Crippen molar-refractivity contribution in [1.82, 2.24) is 13.7 Å². The van der Waals surface area contributed by atoms with Gasteiger partial charge in [-0.3, -0.25) is 3.11 Å². The first kappa shape index (κ1) is 19.2. The highest BCUT2D eigenvalue weighted by Crippen LogP contribution is 2.40. The molecule has 0 saturated heterocycles. The normalized spacial score (nSPS) is 35.3. The molecular formula is C19H22ClF2IN4. The molecule has 4 nitrogen and oxygen atoms in total. The van der Waals surface area contributed by atoms with E-state index in [-0.39, 0.29) is 28.4 Å². The number of guanidine groups is 1. The van der Waals surface area contributed by atoms with E-state index in [1.54, 1.807) is 13.0 Å². The molecule has 0 spiro atoms. The molecule has 2 bridgehead atoms. The highest BCUT2D eigenvalue weighted by atomic mass is 127. The third-order valence-corrected chi connectivity index (χ3v) is 7.73. The van der Waals surface area contributed by atoms with Crippen molar-refractivity contribution in [3.05, 3.63) is 47.0 Å². The van der Waals surface area contributed by atoms with Crippen LogP contribution in [0.2, 0.25) is 0 Å². The average molecular weight is 507 g/mol. The zero-order valence-corrected chi connectivity index (χ0v) is 18.1. The molecule has 27 heavy (non-hydrogen) atoms. The van der Waals surface area contributed by atoms with E-state index in [9.17, 15) is 8.78 Å². The molecule has 0 radical (unpaired) electrons. The van der Waals surface area contributed by atoms with Crippen LogP contribution in [0.15, 0.2) is 52.0 Å². The van der Waals surface area contributed by atoms with Gasteiger partial charge in [-0.2, -0.15) is 0 Å². The Morgan fingerprint density at radius 3 is 3.00 bits per heavy atom. The highest BCUT2D eigenvalue weighted by Gasteiger charge is 2.42. The van der Waals surface area contributed by atoms with Crippen molar-refractivity contribution in [1.29, 1.82) is 0 Å². The number of rotatable bonds is 2. The van der Waals surface area contributed by atoms with E-state index in [1.807, 2.05) is 15.4 Å². The summed E-state index contributed by atoms with van der Waals surface area (Å²) >= 11 is 8.57. The van der Waals surface area contributed by atoms with Crippen LogP contribution in [0.25, 0.3) is 0 Å². The van der Waals surface area contributed by atoms with Crippen molar-refractivity contribution in [3.8, 4) is 0 Å². The smallest absolute Gasteiger partial charge is 0.263 e. The molecule has 4 unspecified atom stereocenters. The number of hydrogen-bond acceptors (Lipinski definition) is 4. The summed E-state index contributed by atoms with van der Waals surface area (Å²) in [7, 11) is 0. The lowest BCUT2D eigenvalue weighted by atomic mass is 9.89. The van der Waals surface area contributed by atoms with Crippen LogP contribution in [0.3, 0.4) is 0 Å². The first-order chi connectivity index (χ1) is 12.8. The Morgan fingerprint density at radius 1 is 1.48 bits per heavy atom. The van der Waals surface area contributed by atoms with E-state index in [4.69, 9.17) is 16.6 Å². The number of nitrogens with one attached hydrogen (secondary N) is 2. The second-order valence-electron chi connectivity index (χ2n) is 7.73. The van der Waals surface area contributed by atoms with Crippen LogP contribution in [0.5, 0.6) is 0 Å². The fourth-order valence-corrected chi connectivity index (χ4v) is 4.97. The zero-order chi connectivity index (χ0) is 19.3. The summed E-state index contributed by atoms with van der Waals surface area (Å²) in [5.74, 6) is 0.897. The summed E-state index contributed by atoms with van der Waals surface area (Å²) < 4.78 is 28.9. The van der Waals surface area contributed by atoms with Gasteiger partial charge < -0.3 is 10.6 Å². The number of hydrogen-bond donors (Lipinski definition) is 2. The predicted molar refractivity (Wildman–Crippen MR) is 113 cm³/mol. The van der Waals surface area contributed by atoms with Gasteiger partial charge in [0.05, 0.1) is 34.4 Å². The van der Waals surface area contributed by atoms with Crippen molar-refractivity contribution in [2.45, 2.75) is 56.5 Å². The van der Waals surface area contributed by atoms with E-state index >= 15 is 0 Å². The molecule has 0 aromatic heterocycles. The summed E-state index contributed by atoms with van der Waals surface area (Å²) in [5, 5.41) is 6.89. The van der Waals surface area contributed by atoms with Crippen LogP contribution >= 0.6 is 34.5 Å². The second kappa shape index (κ2) is 7.06. The van der Waals surface area contributed by atoms with Crippen LogP contribution in [-0.4, -0.2) is 32.5 Å². The molecule has 146 valence electrons. The minimum Gasteiger partial charge on any atom is -0.363 e. The third-order valence-electron chi connectivity index (χ3n) is 5.82. The number of allylic oxidation sites excluding steroid dienone is 3. The first-order valence-electron chi connectivity index (χ1n) is 9.08. The molecule has 0 saturated carbocycles. The molecule has 8 heteroatoms. The molecule has 0 aromatic rings. The topological polar surface area (TPSA) is 39.7 Å². The molecule has 2 aliphatic heterocycles. The van der Waals surface area contributed by atoms with Crippen LogP contribution in [0.4, 0.5) is 8.78 Å². The molecule has 4 atom stereocenters. The molecule has 0 fully saturated rings. The van der Waals surface area contributed by atoms with Crippen LogP contribution in [0, 0.1) is 5.92 Å². The Hall–Kier alpha value is -1.09. The molecule has 4 aliphatic rings. The minimum absolute atomic E-state index is 0.0859. The fraction of sp³-hybridized carbons (Fsp3) is 0.526. The molecule has 2 aliphatic carbocycles. The van der Waals surface area contributed by atoms with Gasteiger partial charge >= 0.3 is 0 Å². The maximum absolute atomic E-state index is 13.5. The maximum Gasteiger partial charge on any atom is 0.263 e. The predicted octanol–water partition coefficient (Wildman–Crippen LogP) is 4.61. The van der Waals surface area contributed by atoms with Gasteiger partial charge in [0, 0.05) is 40.9 Å². The number of nitrogens with zero attached hydrogens (tertiary/aromatic N) is 2. The monoisotopic (exact) mass is 506 g/mol. The molecule has 2 N–H and O–H groups in total. The van der Waals surface area contributed by atoms with Gasteiger partial charge in [0.2, 0.25) is 5.96 Å². The van der Waals surface area contributed by atoms with E-state index in [2.05, 4.69) is 46.5 Å². The van der Waals surface area contributed by atoms with Crippen LogP contribution < -0.4 is 10.6 Å². The lowest BCUT2D eigenvalue weighted by Crippen LogP contribution is -2.53. The third kappa shape index (κ3) is 3.41. The van der Waals surface area contributed by atoms with E-state index in [0.717, 1.165) is 18.5 Å². The Balaban J connectivity index is 1.64. The summed E-state index contributed by atoms with van der Waals surface area (Å²) in [6.45, 7) is 3.83. The van der Waals surface area contributed by atoms with E-state index in [0.29, 0.717) is 18.0 Å². The van der Waals surface area contributed by atoms with Gasteiger partial charge in [-0.05, 0) is 32.3 Å². The van der Waals surface area contributed by atoms with Crippen molar-refractivity contribution in [2.24, 2.45) is 10.9 Å². The summed E-state index contributed by atoms with van der Waals surface area (Å²) in [5.41, 5.74) is 2.54. The van der Waals surface area contributed by atoms with Gasteiger partial charge in [0.15, 0.2) is 0 Å². The maximum atomic E-state index is 13.5. The molecule has 0 amide bonds. The quantitative estimate of drug-likeness (QED) is 0.326. The van der Waals surface area contributed by atoms with Crippen molar-refractivity contribution in [2.75, 3.05) is 0 Å². The van der Waals surface area contributed by atoms with Crippen LogP contribution in [0.1, 0.15) is 33.1 Å². The Bertz CT molecular complexity index is 804. The number of halogens is 4. The number of alkyl halides is 3. The zero-order valence-electron chi connectivity index (χ0n) is 15.1. The average Bonchev–Trinajstić information content (AvgIpc) is 2.95.